The second-order valence-electron chi connectivity index (χ2n) is 5.98. The van der Waals surface area contributed by atoms with Gasteiger partial charge in [-0.15, -0.1) is 0 Å². The summed E-state index contributed by atoms with van der Waals surface area (Å²) in [6.07, 6.45) is 1.50. The van der Waals surface area contributed by atoms with Crippen LogP contribution in [-0.4, -0.2) is 24.1 Å². The summed E-state index contributed by atoms with van der Waals surface area (Å²) in [6.45, 7) is 0. The molecular weight excluding hydrogens is 356 g/mol. The van der Waals surface area contributed by atoms with Gasteiger partial charge in [-0.05, 0) is 64.9 Å². The smallest absolute Gasteiger partial charge is 0.335 e. The highest BCUT2D eigenvalue weighted by Gasteiger charge is 2.10. The van der Waals surface area contributed by atoms with Gasteiger partial charge in [-0.25, -0.2) is 4.79 Å². The number of benzene rings is 3. The molecule has 3 aromatic rings. The lowest BCUT2D eigenvalue weighted by Crippen LogP contribution is -2.13. The number of methoxy groups -OCH3 is 1. The van der Waals surface area contributed by atoms with Gasteiger partial charge in [0.1, 0.15) is 17.4 Å². The van der Waals surface area contributed by atoms with Crippen molar-refractivity contribution >= 4 is 34.4 Å². The fourth-order valence-electron chi connectivity index (χ4n) is 2.67. The molecule has 3 aromatic carbocycles. The zero-order chi connectivity index (χ0) is 20.1. The van der Waals surface area contributed by atoms with Crippen LogP contribution in [0.2, 0.25) is 0 Å². The maximum atomic E-state index is 12.4. The van der Waals surface area contributed by atoms with Crippen molar-refractivity contribution in [3.63, 3.8) is 0 Å². The molecule has 0 heterocycles. The van der Waals surface area contributed by atoms with E-state index >= 15 is 0 Å². The van der Waals surface area contributed by atoms with E-state index in [0.717, 1.165) is 16.5 Å². The molecular formula is C22H16N2O4. The van der Waals surface area contributed by atoms with Crippen LogP contribution < -0.4 is 10.1 Å². The number of carbonyl (C=O) groups excluding carboxylic acids is 1. The number of carboxylic acid groups (broad SMARTS) is 1. The van der Waals surface area contributed by atoms with Crippen LogP contribution in [0.5, 0.6) is 5.75 Å². The third-order valence-corrected chi connectivity index (χ3v) is 4.14. The number of nitriles is 1. The van der Waals surface area contributed by atoms with Gasteiger partial charge in [-0.1, -0.05) is 18.2 Å². The van der Waals surface area contributed by atoms with Crippen LogP contribution in [0.25, 0.3) is 16.8 Å². The average molecular weight is 372 g/mol. The van der Waals surface area contributed by atoms with Gasteiger partial charge in [0.2, 0.25) is 0 Å². The highest BCUT2D eigenvalue weighted by molar-refractivity contribution is 6.10. The molecule has 138 valence electrons. The van der Waals surface area contributed by atoms with E-state index < -0.39 is 11.9 Å². The lowest BCUT2D eigenvalue weighted by Gasteiger charge is -2.06. The molecule has 0 aromatic heterocycles. The minimum absolute atomic E-state index is 0.0600. The minimum Gasteiger partial charge on any atom is -0.497 e. The first-order valence-corrected chi connectivity index (χ1v) is 8.34. The molecule has 0 atom stereocenters. The Labute approximate surface area is 161 Å². The standard InChI is InChI=1S/C22H16N2O4/c1-28-20-9-6-16-10-14(2-3-17(16)12-20)11-18(13-23)21(25)24-19-7-4-15(5-8-19)22(26)27/h2-12H,1H3,(H,24,25)(H,26,27)/b18-11+. The van der Waals surface area contributed by atoms with Crippen molar-refractivity contribution in [3.05, 3.63) is 77.4 Å². The number of carbonyl (C=O) groups is 2. The summed E-state index contributed by atoms with van der Waals surface area (Å²) >= 11 is 0. The first-order chi connectivity index (χ1) is 13.5. The number of anilines is 1. The number of amides is 1. The van der Waals surface area contributed by atoms with E-state index in [4.69, 9.17) is 9.84 Å². The number of ether oxygens (including phenoxy) is 1. The van der Waals surface area contributed by atoms with E-state index in [9.17, 15) is 14.9 Å². The summed E-state index contributed by atoms with van der Waals surface area (Å²) < 4.78 is 5.20. The Balaban J connectivity index is 1.82. The Morgan fingerprint density at radius 3 is 2.36 bits per heavy atom. The van der Waals surface area contributed by atoms with Gasteiger partial charge in [0.15, 0.2) is 0 Å². The summed E-state index contributed by atoms with van der Waals surface area (Å²) in [5.41, 5.74) is 1.17. The molecule has 1 amide bonds. The molecule has 0 radical (unpaired) electrons. The summed E-state index contributed by atoms with van der Waals surface area (Å²) in [4.78, 5) is 23.3. The Morgan fingerprint density at radius 1 is 1.04 bits per heavy atom. The Bertz CT molecular complexity index is 1130. The van der Waals surface area contributed by atoms with Crippen molar-refractivity contribution < 1.29 is 19.4 Å². The topological polar surface area (TPSA) is 99.4 Å². The molecule has 6 nitrogen and oxygen atoms in total. The SMILES string of the molecule is COc1ccc2cc(/C=C(\C#N)C(=O)Nc3ccc(C(=O)O)cc3)ccc2c1. The number of hydrogen-bond acceptors (Lipinski definition) is 4. The van der Waals surface area contributed by atoms with Crippen molar-refractivity contribution in [2.45, 2.75) is 0 Å². The van der Waals surface area contributed by atoms with Gasteiger partial charge in [0, 0.05) is 5.69 Å². The highest BCUT2D eigenvalue weighted by atomic mass is 16.5. The molecule has 0 saturated carbocycles. The third kappa shape index (κ3) is 4.17. The number of carboxylic acids is 1. The van der Waals surface area contributed by atoms with E-state index in [0.29, 0.717) is 11.3 Å². The maximum Gasteiger partial charge on any atom is 0.335 e. The van der Waals surface area contributed by atoms with Gasteiger partial charge in [0.25, 0.3) is 5.91 Å². The van der Waals surface area contributed by atoms with Gasteiger partial charge >= 0.3 is 5.97 Å². The Hall–Kier alpha value is -4.11. The molecule has 28 heavy (non-hydrogen) atoms. The normalized spacial score (nSPS) is 10.9. The Morgan fingerprint density at radius 2 is 1.71 bits per heavy atom. The second-order valence-corrected chi connectivity index (χ2v) is 5.98. The molecule has 0 bridgehead atoms. The number of hydrogen-bond donors (Lipinski definition) is 2. The predicted molar refractivity (Wildman–Crippen MR) is 106 cm³/mol. The third-order valence-electron chi connectivity index (χ3n) is 4.14. The van der Waals surface area contributed by atoms with Crippen molar-refractivity contribution in [3.8, 4) is 11.8 Å². The number of nitrogens with zero attached hydrogens (tertiary/aromatic N) is 1. The number of fused-ring (bicyclic) bond motifs is 1. The van der Waals surface area contributed by atoms with Gasteiger partial charge in [0.05, 0.1) is 12.7 Å². The van der Waals surface area contributed by atoms with Crippen LogP contribution in [0.4, 0.5) is 5.69 Å². The quantitative estimate of drug-likeness (QED) is 0.519. The first-order valence-electron chi connectivity index (χ1n) is 8.34. The molecule has 0 saturated heterocycles. The predicted octanol–water partition coefficient (Wildman–Crippen LogP) is 4.09. The van der Waals surface area contributed by atoms with Crippen LogP contribution in [0, 0.1) is 11.3 Å². The zero-order valence-corrected chi connectivity index (χ0v) is 15.0. The molecule has 0 aliphatic rings. The van der Waals surface area contributed by atoms with Gasteiger partial charge in [-0.2, -0.15) is 5.26 Å². The fourth-order valence-corrected chi connectivity index (χ4v) is 2.67. The largest absolute Gasteiger partial charge is 0.497 e. The lowest BCUT2D eigenvalue weighted by molar-refractivity contribution is -0.112. The summed E-state index contributed by atoms with van der Waals surface area (Å²) in [5.74, 6) is -0.869. The minimum atomic E-state index is -1.05. The molecule has 3 rings (SSSR count). The average Bonchev–Trinajstić information content (AvgIpc) is 2.71. The monoisotopic (exact) mass is 372 g/mol. The van der Waals surface area contributed by atoms with E-state index in [1.807, 2.05) is 42.5 Å². The number of nitrogens with one attached hydrogen (secondary N) is 1. The lowest BCUT2D eigenvalue weighted by atomic mass is 10.0. The van der Waals surface area contributed by atoms with Crippen LogP contribution >= 0.6 is 0 Å². The van der Waals surface area contributed by atoms with E-state index in [-0.39, 0.29) is 11.1 Å². The van der Waals surface area contributed by atoms with Crippen LogP contribution in [0.3, 0.4) is 0 Å². The van der Waals surface area contributed by atoms with Crippen LogP contribution in [-0.2, 0) is 4.79 Å². The van der Waals surface area contributed by atoms with Crippen molar-refractivity contribution in [1.29, 1.82) is 5.26 Å². The van der Waals surface area contributed by atoms with Crippen molar-refractivity contribution in [2.24, 2.45) is 0 Å². The van der Waals surface area contributed by atoms with E-state index in [2.05, 4.69) is 5.32 Å². The molecule has 0 aliphatic heterocycles. The van der Waals surface area contributed by atoms with E-state index in [1.165, 1.54) is 30.3 Å². The summed E-state index contributed by atoms with van der Waals surface area (Å²) in [7, 11) is 1.60. The molecule has 0 unspecified atom stereocenters. The summed E-state index contributed by atoms with van der Waals surface area (Å²) in [6, 6.07) is 18.8. The van der Waals surface area contributed by atoms with Gasteiger partial charge < -0.3 is 15.2 Å². The molecule has 0 fully saturated rings. The van der Waals surface area contributed by atoms with Crippen molar-refractivity contribution in [2.75, 3.05) is 12.4 Å². The Kier molecular flexibility index (Phi) is 5.38. The van der Waals surface area contributed by atoms with Gasteiger partial charge in [-0.3, -0.25) is 4.79 Å². The molecule has 0 aliphatic carbocycles. The molecule has 0 spiro atoms. The fraction of sp³-hybridized carbons (Fsp3) is 0.0455. The zero-order valence-electron chi connectivity index (χ0n) is 15.0. The highest BCUT2D eigenvalue weighted by Crippen LogP contribution is 2.23. The van der Waals surface area contributed by atoms with Crippen molar-refractivity contribution in [1.82, 2.24) is 0 Å². The first kappa shape index (κ1) is 18.7. The second kappa shape index (κ2) is 8.06. The number of aromatic carboxylic acids is 1. The van der Waals surface area contributed by atoms with Crippen LogP contribution in [0.15, 0.2) is 66.2 Å². The van der Waals surface area contributed by atoms with Crippen LogP contribution in [0.1, 0.15) is 15.9 Å². The molecule has 2 N–H and O–H groups in total. The molecule has 6 heteroatoms. The van der Waals surface area contributed by atoms with E-state index in [1.54, 1.807) is 7.11 Å². The maximum absolute atomic E-state index is 12.4. The number of rotatable bonds is 5. The summed E-state index contributed by atoms with van der Waals surface area (Å²) in [5, 5.41) is 22.8.